The van der Waals surface area contributed by atoms with Crippen molar-refractivity contribution in [2.75, 3.05) is 13.2 Å². The second-order valence-corrected chi connectivity index (χ2v) is 21.3. The first-order chi connectivity index (χ1) is 22.8. The molecule has 16 heteroatoms. The average Bonchev–Trinajstić information content (AvgIpc) is 3.64. The van der Waals surface area contributed by atoms with Gasteiger partial charge in [-0.15, -0.1) is 0 Å². The third kappa shape index (κ3) is 8.77. The van der Waals surface area contributed by atoms with E-state index in [-0.39, 0.29) is 18.9 Å². The minimum absolute atomic E-state index is 0.220. The van der Waals surface area contributed by atoms with Gasteiger partial charge in [-0.1, -0.05) is 37.8 Å². The molecule has 0 radical (unpaired) electrons. The lowest BCUT2D eigenvalue weighted by Crippen LogP contribution is -2.37. The van der Waals surface area contributed by atoms with Crippen molar-refractivity contribution in [3.8, 4) is 28.4 Å². The number of carbonyl (C=O) groups is 1. The van der Waals surface area contributed by atoms with Crippen LogP contribution in [0.25, 0.3) is 33.4 Å². The summed E-state index contributed by atoms with van der Waals surface area (Å²) in [7, 11) is -7.12. The maximum absolute atomic E-state index is 13.1. The number of aromatic nitrogens is 4. The van der Waals surface area contributed by atoms with E-state index in [1.54, 1.807) is 41.7 Å². The van der Waals surface area contributed by atoms with E-state index >= 15 is 0 Å². The minimum Gasteiger partial charge on any atom is -0.444 e. The van der Waals surface area contributed by atoms with Gasteiger partial charge in [0.25, 0.3) is 0 Å². The Balaban J connectivity index is 1.41. The van der Waals surface area contributed by atoms with Crippen LogP contribution in [-0.4, -0.2) is 71.3 Å². The van der Waals surface area contributed by atoms with Gasteiger partial charge in [-0.2, -0.15) is 21.6 Å². The van der Waals surface area contributed by atoms with E-state index in [2.05, 4.69) is 33.8 Å². The van der Waals surface area contributed by atoms with Crippen LogP contribution in [0.2, 0.25) is 25.7 Å². The Bertz CT molecular complexity index is 1920. The standard InChI is InChI=1S/C33H40F3N5O6SSi/c1-32(2,3)46-31(42)40-13-7-8-28(40)30-39-20-29(41(30)21-45-14-15-49(4,5)6)27-19-37-26(18-38-27)24-10-9-23-17-25(12-11-22(23)16-24)47-48(43,44)33(34,35)36/h9-12,16-20,28H,7-8,13-15,21H2,1-6H3. The Morgan fingerprint density at radius 3 is 2.29 bits per heavy atom. The monoisotopic (exact) mass is 719 g/mol. The highest BCUT2D eigenvalue weighted by Gasteiger charge is 2.48. The zero-order chi connectivity index (χ0) is 35.8. The van der Waals surface area contributed by atoms with Crippen LogP contribution < -0.4 is 4.18 Å². The molecule has 2 aromatic heterocycles. The zero-order valence-electron chi connectivity index (χ0n) is 28.2. The van der Waals surface area contributed by atoms with Gasteiger partial charge < -0.3 is 18.2 Å². The third-order valence-corrected chi connectivity index (χ3v) is 10.5. The summed E-state index contributed by atoms with van der Waals surface area (Å²) >= 11 is 0. The first-order valence-electron chi connectivity index (χ1n) is 15.8. The largest absolute Gasteiger partial charge is 0.534 e. The maximum atomic E-state index is 13.1. The van der Waals surface area contributed by atoms with Gasteiger partial charge in [-0.25, -0.2) is 9.78 Å². The van der Waals surface area contributed by atoms with Gasteiger partial charge in [0.15, 0.2) is 0 Å². The van der Waals surface area contributed by atoms with Crippen molar-refractivity contribution in [2.45, 2.75) is 83.2 Å². The summed E-state index contributed by atoms with van der Waals surface area (Å²) in [6, 6.07) is 9.63. The molecular weight excluding hydrogens is 680 g/mol. The molecule has 1 aliphatic heterocycles. The molecule has 0 spiro atoms. The first-order valence-corrected chi connectivity index (χ1v) is 20.9. The number of imidazole rings is 1. The van der Waals surface area contributed by atoms with Crippen LogP contribution in [0.15, 0.2) is 55.0 Å². The second-order valence-electron chi connectivity index (χ2n) is 14.1. The number of nitrogens with zero attached hydrogens (tertiary/aromatic N) is 5. The normalized spacial score (nSPS) is 15.9. The number of halogens is 3. The number of ether oxygens (including phenoxy) is 2. The summed E-state index contributed by atoms with van der Waals surface area (Å²) in [4.78, 5) is 28.9. The fraction of sp³-hybridized carbons (Fsp3) is 0.455. The summed E-state index contributed by atoms with van der Waals surface area (Å²) in [5.74, 6) is 0.229. The Morgan fingerprint density at radius 2 is 1.63 bits per heavy atom. The van der Waals surface area contributed by atoms with Crippen LogP contribution in [0, 0.1) is 0 Å². The zero-order valence-corrected chi connectivity index (χ0v) is 30.1. The molecule has 3 heterocycles. The van der Waals surface area contributed by atoms with Crippen molar-refractivity contribution in [2.24, 2.45) is 0 Å². The first kappa shape index (κ1) is 36.3. The van der Waals surface area contributed by atoms with Crippen LogP contribution in [0.3, 0.4) is 0 Å². The van der Waals surface area contributed by atoms with Crippen molar-refractivity contribution in [3.63, 3.8) is 0 Å². The quantitative estimate of drug-likeness (QED) is 0.0699. The molecule has 0 bridgehead atoms. The Labute approximate surface area is 284 Å². The summed E-state index contributed by atoms with van der Waals surface area (Å²) in [5, 5.41) is 1.10. The van der Waals surface area contributed by atoms with Crippen LogP contribution >= 0.6 is 0 Å². The fourth-order valence-corrected chi connectivity index (χ4v) is 6.53. The van der Waals surface area contributed by atoms with Crippen LogP contribution in [0.4, 0.5) is 18.0 Å². The highest BCUT2D eigenvalue weighted by Crippen LogP contribution is 2.35. The number of benzene rings is 2. The van der Waals surface area contributed by atoms with E-state index in [0.717, 1.165) is 25.0 Å². The van der Waals surface area contributed by atoms with E-state index in [4.69, 9.17) is 14.5 Å². The van der Waals surface area contributed by atoms with Crippen LogP contribution in [0.5, 0.6) is 5.75 Å². The van der Waals surface area contributed by atoms with E-state index in [1.807, 2.05) is 25.3 Å². The Hall–Kier alpha value is -4.02. The van der Waals surface area contributed by atoms with Crippen molar-refractivity contribution in [1.29, 1.82) is 0 Å². The molecule has 0 N–H and O–H groups in total. The average molecular weight is 720 g/mol. The molecule has 11 nitrogen and oxygen atoms in total. The number of hydrogen-bond acceptors (Lipinski definition) is 9. The highest BCUT2D eigenvalue weighted by atomic mass is 32.2. The lowest BCUT2D eigenvalue weighted by Gasteiger charge is -2.29. The predicted octanol–water partition coefficient (Wildman–Crippen LogP) is 7.77. The van der Waals surface area contributed by atoms with E-state index in [0.29, 0.717) is 52.4 Å². The van der Waals surface area contributed by atoms with Gasteiger partial charge in [0, 0.05) is 26.8 Å². The topological polar surface area (TPSA) is 126 Å². The number of likely N-dealkylation sites (tertiary alicyclic amines) is 1. The smallest absolute Gasteiger partial charge is 0.444 e. The van der Waals surface area contributed by atoms with Crippen LogP contribution in [0.1, 0.15) is 45.5 Å². The molecule has 2 aromatic carbocycles. The van der Waals surface area contributed by atoms with Crippen molar-refractivity contribution in [1.82, 2.24) is 24.4 Å². The molecule has 1 aliphatic rings. The maximum Gasteiger partial charge on any atom is 0.534 e. The number of carbonyl (C=O) groups excluding carboxylic acids is 1. The number of amides is 1. The summed E-state index contributed by atoms with van der Waals surface area (Å²) in [5.41, 5.74) is -3.72. The summed E-state index contributed by atoms with van der Waals surface area (Å²) < 4.78 is 79.1. The molecule has 1 fully saturated rings. The van der Waals surface area contributed by atoms with Crippen molar-refractivity contribution in [3.05, 3.63) is 60.8 Å². The van der Waals surface area contributed by atoms with E-state index < -0.39 is 35.1 Å². The highest BCUT2D eigenvalue weighted by molar-refractivity contribution is 7.88. The minimum atomic E-state index is -5.78. The van der Waals surface area contributed by atoms with E-state index in [1.165, 1.54) is 12.1 Å². The molecule has 1 atom stereocenters. The fourth-order valence-electron chi connectivity index (χ4n) is 5.32. The molecule has 1 unspecified atom stereocenters. The van der Waals surface area contributed by atoms with E-state index in [9.17, 15) is 26.4 Å². The molecule has 49 heavy (non-hydrogen) atoms. The lowest BCUT2D eigenvalue weighted by molar-refractivity contribution is -0.0500. The second kappa shape index (κ2) is 13.7. The molecule has 1 amide bonds. The lowest BCUT2D eigenvalue weighted by atomic mass is 10.0. The molecule has 264 valence electrons. The summed E-state index contributed by atoms with van der Waals surface area (Å²) in [6.07, 6.45) is 6.09. The molecule has 1 saturated heterocycles. The Kier molecular flexibility index (Phi) is 10.1. The van der Waals surface area contributed by atoms with Gasteiger partial charge >= 0.3 is 21.7 Å². The van der Waals surface area contributed by atoms with Gasteiger partial charge in [-0.05, 0) is 68.6 Å². The van der Waals surface area contributed by atoms with Crippen molar-refractivity contribution >= 4 is 35.1 Å². The van der Waals surface area contributed by atoms with Gasteiger partial charge in [-0.3, -0.25) is 14.9 Å². The molecule has 4 aromatic rings. The van der Waals surface area contributed by atoms with Gasteiger partial charge in [0.2, 0.25) is 0 Å². The summed E-state index contributed by atoms with van der Waals surface area (Å²) in [6.45, 7) is 13.7. The predicted molar refractivity (Wildman–Crippen MR) is 181 cm³/mol. The Morgan fingerprint density at radius 1 is 0.959 bits per heavy atom. The molecule has 5 rings (SSSR count). The number of alkyl halides is 3. The molecular formula is C33H40F3N5O6SSi. The molecule has 0 saturated carbocycles. The van der Waals surface area contributed by atoms with Gasteiger partial charge in [0.1, 0.15) is 29.6 Å². The SMILES string of the molecule is CC(C)(C)OC(=O)N1CCCC1c1ncc(-c2cnc(-c3ccc4cc(OS(=O)(=O)C(F)(F)F)ccc4c3)cn2)n1COCC[Si](C)(C)C. The van der Waals surface area contributed by atoms with Crippen LogP contribution in [-0.2, 0) is 26.3 Å². The van der Waals surface area contributed by atoms with Crippen molar-refractivity contribution < 1.29 is 40.0 Å². The number of fused-ring (bicyclic) bond motifs is 1. The van der Waals surface area contributed by atoms with Gasteiger partial charge in [0.05, 0.1) is 36.0 Å². The number of hydrogen-bond donors (Lipinski definition) is 0. The molecule has 0 aliphatic carbocycles. The number of rotatable bonds is 10. The third-order valence-electron chi connectivity index (χ3n) is 7.79.